The number of amides is 2. The number of rotatable bonds is 5. The first-order valence-electron chi connectivity index (χ1n) is 9.66. The summed E-state index contributed by atoms with van der Waals surface area (Å²) in [6, 6.07) is 23.0. The second-order valence-electron chi connectivity index (χ2n) is 7.02. The summed E-state index contributed by atoms with van der Waals surface area (Å²) in [5.41, 5.74) is 2.14. The Balaban J connectivity index is 1.54. The molecule has 0 radical (unpaired) electrons. The van der Waals surface area contributed by atoms with E-state index in [1.54, 1.807) is 11.8 Å². The normalized spacial score (nSPS) is 15.7. The van der Waals surface area contributed by atoms with E-state index in [1.165, 1.54) is 29.2 Å². The molecule has 1 heterocycles. The lowest BCUT2D eigenvalue weighted by Gasteiger charge is -2.22. The molecule has 1 aliphatic rings. The Labute approximate surface area is 183 Å². The minimum absolute atomic E-state index is 0.0439. The van der Waals surface area contributed by atoms with Gasteiger partial charge in [-0.2, -0.15) is 0 Å². The van der Waals surface area contributed by atoms with E-state index in [0.29, 0.717) is 11.4 Å². The number of nitro groups is 1. The van der Waals surface area contributed by atoms with Crippen LogP contribution in [0.2, 0.25) is 0 Å². The fraction of sp³-hybridized carbons (Fsp3) is 0.130. The first kappa shape index (κ1) is 20.6. The number of hydrogen-bond acceptors (Lipinski definition) is 5. The fourth-order valence-corrected chi connectivity index (χ4v) is 4.70. The molecule has 0 aliphatic carbocycles. The number of nitrogens with zero attached hydrogens (tertiary/aromatic N) is 2. The number of anilines is 2. The van der Waals surface area contributed by atoms with Crippen LogP contribution in [0.3, 0.4) is 0 Å². The average Bonchev–Trinajstić information content (AvgIpc) is 2.91. The van der Waals surface area contributed by atoms with Gasteiger partial charge in [0.25, 0.3) is 5.69 Å². The highest BCUT2D eigenvalue weighted by Crippen LogP contribution is 2.45. The van der Waals surface area contributed by atoms with Gasteiger partial charge in [-0.15, -0.1) is 11.8 Å². The summed E-state index contributed by atoms with van der Waals surface area (Å²) in [4.78, 5) is 38.5. The number of carbonyl (C=O) groups excluding carboxylic acids is 2. The number of hydrogen-bond donors (Lipinski definition) is 1. The van der Waals surface area contributed by atoms with Crippen molar-refractivity contribution in [1.29, 1.82) is 0 Å². The highest BCUT2D eigenvalue weighted by atomic mass is 32.2. The van der Waals surface area contributed by atoms with Crippen molar-refractivity contribution in [3.8, 4) is 0 Å². The summed E-state index contributed by atoms with van der Waals surface area (Å²) in [7, 11) is 0. The Morgan fingerprint density at radius 2 is 1.71 bits per heavy atom. The highest BCUT2D eigenvalue weighted by Gasteiger charge is 2.30. The Morgan fingerprint density at radius 3 is 2.42 bits per heavy atom. The number of carbonyl (C=O) groups is 2. The largest absolute Gasteiger partial charge is 0.325 e. The molecule has 1 N–H and O–H groups in total. The molecule has 0 unspecified atom stereocenters. The summed E-state index contributed by atoms with van der Waals surface area (Å²) in [6.07, 6.45) is 0.272. The van der Waals surface area contributed by atoms with E-state index in [1.807, 2.05) is 54.6 Å². The van der Waals surface area contributed by atoms with Gasteiger partial charge in [-0.1, -0.05) is 42.5 Å². The van der Waals surface area contributed by atoms with E-state index >= 15 is 0 Å². The van der Waals surface area contributed by atoms with Crippen LogP contribution in [0.1, 0.15) is 17.2 Å². The Bertz CT molecular complexity index is 1120. The predicted octanol–water partition coefficient (Wildman–Crippen LogP) is 4.80. The molecule has 0 spiro atoms. The zero-order valence-electron chi connectivity index (χ0n) is 16.4. The summed E-state index contributed by atoms with van der Waals surface area (Å²) in [5.74, 6) is -0.509. The smallest absolute Gasteiger partial charge is 0.269 e. The van der Waals surface area contributed by atoms with Crippen molar-refractivity contribution in [1.82, 2.24) is 0 Å². The van der Waals surface area contributed by atoms with Crippen LogP contribution in [0.15, 0.2) is 83.8 Å². The van der Waals surface area contributed by atoms with Crippen LogP contribution >= 0.6 is 11.8 Å². The lowest BCUT2D eigenvalue weighted by Crippen LogP contribution is -2.38. The molecule has 0 fully saturated rings. The molecular weight excluding hydrogens is 414 g/mol. The van der Waals surface area contributed by atoms with Crippen LogP contribution in [0, 0.1) is 10.1 Å². The fourth-order valence-electron chi connectivity index (χ4n) is 3.42. The third-order valence-corrected chi connectivity index (χ3v) is 6.24. The zero-order valence-corrected chi connectivity index (χ0v) is 17.2. The van der Waals surface area contributed by atoms with Gasteiger partial charge in [0.15, 0.2) is 0 Å². The van der Waals surface area contributed by atoms with Crippen molar-refractivity contribution < 1.29 is 14.5 Å². The van der Waals surface area contributed by atoms with Crippen molar-refractivity contribution in [2.45, 2.75) is 16.6 Å². The van der Waals surface area contributed by atoms with Gasteiger partial charge in [-0.3, -0.25) is 19.7 Å². The van der Waals surface area contributed by atoms with Crippen molar-refractivity contribution in [2.75, 3.05) is 16.8 Å². The van der Waals surface area contributed by atoms with E-state index in [0.717, 1.165) is 10.5 Å². The number of fused-ring (bicyclic) bond motifs is 1. The second kappa shape index (κ2) is 9.01. The Morgan fingerprint density at radius 1 is 1.03 bits per heavy atom. The SMILES string of the molecule is O=C(CN1C(=O)C[C@H](c2ccccc2)Sc2ccccc21)Nc1ccc([N+](=O)[O-])cc1. The van der Waals surface area contributed by atoms with Gasteiger partial charge in [-0.25, -0.2) is 0 Å². The zero-order chi connectivity index (χ0) is 21.8. The predicted molar refractivity (Wildman–Crippen MR) is 120 cm³/mol. The van der Waals surface area contributed by atoms with Gasteiger partial charge >= 0.3 is 0 Å². The van der Waals surface area contributed by atoms with Crippen LogP contribution in [-0.4, -0.2) is 23.3 Å². The standard InChI is InChI=1S/C23H19N3O4S/c27-22(24-17-10-12-18(13-11-17)26(29)30)15-25-19-8-4-5-9-20(19)31-21(14-23(25)28)16-6-2-1-3-7-16/h1-13,21H,14-15H2,(H,24,27)/t21-/m1/s1. The quantitative estimate of drug-likeness (QED) is 0.461. The van der Waals surface area contributed by atoms with E-state index in [9.17, 15) is 19.7 Å². The second-order valence-corrected chi connectivity index (χ2v) is 8.27. The number of para-hydroxylation sites is 1. The maximum atomic E-state index is 13.1. The van der Waals surface area contributed by atoms with Crippen LogP contribution in [0.5, 0.6) is 0 Å². The lowest BCUT2D eigenvalue weighted by atomic mass is 10.1. The molecular formula is C23H19N3O4S. The summed E-state index contributed by atoms with van der Waals surface area (Å²) < 4.78 is 0. The number of nitrogens with one attached hydrogen (secondary N) is 1. The topological polar surface area (TPSA) is 92.6 Å². The summed E-state index contributed by atoms with van der Waals surface area (Å²) >= 11 is 1.62. The molecule has 1 aliphatic heterocycles. The van der Waals surface area contributed by atoms with Crippen LogP contribution in [0.4, 0.5) is 17.1 Å². The van der Waals surface area contributed by atoms with Crippen LogP contribution in [-0.2, 0) is 9.59 Å². The van der Waals surface area contributed by atoms with E-state index in [2.05, 4.69) is 5.32 Å². The van der Waals surface area contributed by atoms with Gasteiger partial charge in [0.2, 0.25) is 11.8 Å². The molecule has 0 aromatic heterocycles. The minimum Gasteiger partial charge on any atom is -0.325 e. The van der Waals surface area contributed by atoms with Crippen molar-refractivity contribution >= 4 is 40.6 Å². The molecule has 156 valence electrons. The van der Waals surface area contributed by atoms with Crippen molar-refractivity contribution in [2.24, 2.45) is 0 Å². The molecule has 0 bridgehead atoms. The minimum atomic E-state index is -0.501. The van der Waals surface area contributed by atoms with Crippen molar-refractivity contribution in [3.63, 3.8) is 0 Å². The van der Waals surface area contributed by atoms with Gasteiger partial charge in [0.1, 0.15) is 6.54 Å². The third kappa shape index (κ3) is 4.75. The molecule has 2 amide bonds. The van der Waals surface area contributed by atoms with Crippen LogP contribution in [0.25, 0.3) is 0 Å². The Hall–Kier alpha value is -3.65. The monoisotopic (exact) mass is 433 g/mol. The van der Waals surface area contributed by atoms with Gasteiger partial charge in [-0.05, 0) is 29.8 Å². The summed E-state index contributed by atoms with van der Waals surface area (Å²) in [6.45, 7) is -0.144. The number of nitro benzene ring substituents is 1. The van der Waals surface area contributed by atoms with Crippen molar-refractivity contribution in [3.05, 3.63) is 94.5 Å². The molecule has 8 heteroatoms. The molecule has 4 rings (SSSR count). The molecule has 0 saturated heterocycles. The average molecular weight is 433 g/mol. The maximum absolute atomic E-state index is 13.1. The number of benzene rings is 3. The maximum Gasteiger partial charge on any atom is 0.269 e. The lowest BCUT2D eigenvalue weighted by molar-refractivity contribution is -0.384. The molecule has 3 aromatic carbocycles. The Kier molecular flexibility index (Phi) is 5.99. The van der Waals surface area contributed by atoms with Gasteiger partial charge in [0.05, 0.1) is 10.6 Å². The van der Waals surface area contributed by atoms with Crippen LogP contribution < -0.4 is 10.2 Å². The first-order valence-corrected chi connectivity index (χ1v) is 10.5. The van der Waals surface area contributed by atoms with E-state index < -0.39 is 4.92 Å². The molecule has 31 heavy (non-hydrogen) atoms. The number of thioether (sulfide) groups is 1. The third-order valence-electron chi connectivity index (χ3n) is 4.92. The molecule has 7 nitrogen and oxygen atoms in total. The summed E-state index contributed by atoms with van der Waals surface area (Å²) in [5, 5.41) is 13.4. The molecule has 3 aromatic rings. The van der Waals surface area contributed by atoms with Gasteiger partial charge in [0, 0.05) is 34.4 Å². The van der Waals surface area contributed by atoms with Gasteiger partial charge < -0.3 is 10.2 Å². The number of non-ortho nitro benzene ring substituents is 1. The first-order chi connectivity index (χ1) is 15.0. The highest BCUT2D eigenvalue weighted by molar-refractivity contribution is 7.99. The molecule has 1 atom stereocenters. The van der Waals surface area contributed by atoms with E-state index in [-0.39, 0.29) is 35.7 Å². The van der Waals surface area contributed by atoms with E-state index in [4.69, 9.17) is 0 Å². The molecule has 0 saturated carbocycles.